The zero-order valence-electron chi connectivity index (χ0n) is 12.6. The fourth-order valence-electron chi connectivity index (χ4n) is 2.69. The Bertz CT molecular complexity index is 874. The van der Waals surface area contributed by atoms with Crippen molar-refractivity contribution in [3.63, 3.8) is 0 Å². The molecule has 3 heterocycles. The molecule has 0 aliphatic carbocycles. The highest BCUT2D eigenvalue weighted by Gasteiger charge is 2.40. The number of phosphoric ester groups is 1. The average molecular weight is 362 g/mol. The van der Waals surface area contributed by atoms with Gasteiger partial charge in [0.05, 0.1) is 19.8 Å². The molecule has 0 amide bonds. The minimum atomic E-state index is -4.66. The summed E-state index contributed by atoms with van der Waals surface area (Å²) in [6.07, 6.45) is -0.917. The first-order chi connectivity index (χ1) is 11.2. The molecule has 12 nitrogen and oxygen atoms in total. The summed E-state index contributed by atoms with van der Waals surface area (Å²) in [4.78, 5) is 35.9. The zero-order chi connectivity index (χ0) is 17.6. The van der Waals surface area contributed by atoms with Crippen LogP contribution < -0.4 is 15.9 Å². The van der Waals surface area contributed by atoms with Crippen molar-refractivity contribution < 1.29 is 33.3 Å². The number of nitrogen functional groups attached to an aromatic ring is 1. The Morgan fingerprint density at radius 2 is 2.33 bits per heavy atom. The number of nitrogens with zero attached hydrogens (tertiary/aromatic N) is 3. The Hall–Kier alpha value is -1.82. The molecule has 0 aromatic carbocycles. The van der Waals surface area contributed by atoms with Gasteiger partial charge in [-0.2, -0.15) is 0 Å². The summed E-state index contributed by atoms with van der Waals surface area (Å²) in [5.74, 6) is -0.0626. The van der Waals surface area contributed by atoms with Crippen molar-refractivity contribution in [3.8, 4) is 0 Å². The van der Waals surface area contributed by atoms with Crippen LogP contribution >= 0.6 is 7.82 Å². The second-order valence-corrected chi connectivity index (χ2v) is 6.71. The molecule has 1 aliphatic heterocycles. The summed E-state index contributed by atoms with van der Waals surface area (Å²) in [6, 6.07) is 0. The number of aryl methyl sites for hydroxylation is 1. The van der Waals surface area contributed by atoms with E-state index in [1.807, 2.05) is 0 Å². The molecular weight excluding hydrogens is 345 g/mol. The van der Waals surface area contributed by atoms with Gasteiger partial charge in [-0.3, -0.25) is 18.9 Å². The summed E-state index contributed by atoms with van der Waals surface area (Å²) in [5, 5.41) is 10.0. The van der Waals surface area contributed by atoms with E-state index in [1.165, 1.54) is 9.13 Å². The molecular formula is C11H17N5O7P+. The zero-order valence-corrected chi connectivity index (χ0v) is 13.5. The lowest BCUT2D eigenvalue weighted by molar-refractivity contribution is -0.739. The lowest BCUT2D eigenvalue weighted by atomic mass is 10.2. The molecule has 24 heavy (non-hydrogen) atoms. The Labute approximate surface area is 134 Å². The molecule has 2 aromatic rings. The molecule has 0 saturated carbocycles. The highest BCUT2D eigenvalue weighted by Crippen LogP contribution is 2.37. The summed E-state index contributed by atoms with van der Waals surface area (Å²) in [5.41, 5.74) is 5.69. The Morgan fingerprint density at radius 3 is 3.00 bits per heavy atom. The van der Waals surface area contributed by atoms with Crippen molar-refractivity contribution in [2.45, 2.75) is 24.9 Å². The van der Waals surface area contributed by atoms with E-state index in [4.69, 9.17) is 20.3 Å². The van der Waals surface area contributed by atoms with Gasteiger partial charge in [-0.15, -0.1) is 0 Å². The van der Waals surface area contributed by atoms with E-state index >= 15 is 0 Å². The highest BCUT2D eigenvalue weighted by molar-refractivity contribution is 7.46. The van der Waals surface area contributed by atoms with Gasteiger partial charge in [0.15, 0.2) is 12.6 Å². The molecule has 3 atom stereocenters. The molecule has 2 aromatic heterocycles. The molecule has 0 bridgehead atoms. The summed E-state index contributed by atoms with van der Waals surface area (Å²) in [7, 11) is -3.02. The average Bonchev–Trinajstić information content (AvgIpc) is 2.96. The van der Waals surface area contributed by atoms with Crippen LogP contribution in [-0.4, -0.2) is 48.2 Å². The van der Waals surface area contributed by atoms with Gasteiger partial charge in [0, 0.05) is 6.42 Å². The number of aromatic amines is 1. The van der Waals surface area contributed by atoms with E-state index < -0.39 is 38.4 Å². The monoisotopic (exact) mass is 362 g/mol. The number of aliphatic hydroxyl groups excluding tert-OH is 1. The van der Waals surface area contributed by atoms with Crippen LogP contribution in [0.5, 0.6) is 0 Å². The van der Waals surface area contributed by atoms with E-state index in [0.29, 0.717) is 0 Å². The van der Waals surface area contributed by atoms with Gasteiger partial charge in [0.25, 0.3) is 11.5 Å². The van der Waals surface area contributed by atoms with Crippen molar-refractivity contribution in [2.75, 3.05) is 12.3 Å². The molecule has 1 aliphatic rings. The Balaban J connectivity index is 1.89. The Morgan fingerprint density at radius 1 is 1.62 bits per heavy atom. The number of aromatic nitrogens is 4. The molecule has 1 fully saturated rings. The predicted octanol–water partition coefficient (Wildman–Crippen LogP) is -2.11. The molecule has 132 valence electrons. The number of ether oxygens (including phenoxy) is 1. The maximum atomic E-state index is 12.0. The third kappa shape index (κ3) is 3.20. The maximum absolute atomic E-state index is 12.0. The number of hydrogen-bond acceptors (Lipinski definition) is 7. The first-order valence-corrected chi connectivity index (χ1v) is 8.48. The van der Waals surface area contributed by atoms with Gasteiger partial charge in [-0.1, -0.05) is 4.98 Å². The second kappa shape index (κ2) is 5.92. The van der Waals surface area contributed by atoms with Gasteiger partial charge in [0.2, 0.25) is 5.52 Å². The van der Waals surface area contributed by atoms with E-state index in [9.17, 15) is 14.5 Å². The van der Waals surface area contributed by atoms with Crippen molar-refractivity contribution in [1.82, 2.24) is 14.5 Å². The number of phosphoric acid groups is 1. The van der Waals surface area contributed by atoms with Gasteiger partial charge < -0.3 is 25.4 Å². The van der Waals surface area contributed by atoms with Gasteiger partial charge in [0.1, 0.15) is 6.10 Å². The van der Waals surface area contributed by atoms with Crippen LogP contribution in [0.1, 0.15) is 12.6 Å². The van der Waals surface area contributed by atoms with Crippen molar-refractivity contribution in [1.29, 1.82) is 0 Å². The normalized spacial score (nSPS) is 24.8. The van der Waals surface area contributed by atoms with E-state index in [2.05, 4.69) is 14.5 Å². The number of aliphatic hydroxyl groups is 1. The fraction of sp³-hybridized carbons (Fsp3) is 0.545. The first kappa shape index (κ1) is 17.0. The smallest absolute Gasteiger partial charge is 0.390 e. The topological polar surface area (TPSA) is 177 Å². The lowest BCUT2D eigenvalue weighted by Gasteiger charge is -2.14. The molecule has 3 rings (SSSR count). The molecule has 0 unspecified atom stereocenters. The number of imidazole rings is 1. The largest absolute Gasteiger partial charge is 0.469 e. The van der Waals surface area contributed by atoms with E-state index in [-0.39, 0.29) is 23.5 Å². The minimum absolute atomic E-state index is 0.0626. The third-order valence-corrected chi connectivity index (χ3v) is 4.20. The number of H-pyrrole nitrogens is 1. The molecule has 0 radical (unpaired) electrons. The van der Waals surface area contributed by atoms with Gasteiger partial charge in [-0.25, -0.2) is 9.13 Å². The third-order valence-electron chi connectivity index (χ3n) is 3.71. The number of nitrogens with one attached hydrogen (secondary N) is 1. The minimum Gasteiger partial charge on any atom is -0.390 e. The molecule has 13 heteroatoms. The maximum Gasteiger partial charge on any atom is 0.469 e. The van der Waals surface area contributed by atoms with Crippen LogP contribution in [0.15, 0.2) is 11.1 Å². The van der Waals surface area contributed by atoms with Crippen LogP contribution in [0.25, 0.3) is 11.2 Å². The van der Waals surface area contributed by atoms with Crippen molar-refractivity contribution in [2.24, 2.45) is 7.05 Å². The number of fused-ring (bicyclic) bond motifs is 1. The summed E-state index contributed by atoms with van der Waals surface area (Å²) in [6.45, 7) is -0.469. The molecule has 6 N–H and O–H groups in total. The predicted molar refractivity (Wildman–Crippen MR) is 78.5 cm³/mol. The van der Waals surface area contributed by atoms with Gasteiger partial charge in [-0.05, 0) is 0 Å². The highest BCUT2D eigenvalue weighted by atomic mass is 31.2. The quantitative estimate of drug-likeness (QED) is 0.301. The van der Waals surface area contributed by atoms with Crippen molar-refractivity contribution in [3.05, 3.63) is 16.7 Å². The fourth-order valence-corrected chi connectivity index (χ4v) is 3.03. The van der Waals surface area contributed by atoms with Crippen LogP contribution in [-0.2, 0) is 20.9 Å². The van der Waals surface area contributed by atoms with Crippen LogP contribution in [0.2, 0.25) is 0 Å². The second-order valence-electron chi connectivity index (χ2n) is 5.48. The first-order valence-electron chi connectivity index (χ1n) is 6.95. The number of rotatable bonds is 4. The lowest BCUT2D eigenvalue weighted by Crippen LogP contribution is -2.39. The Kier molecular flexibility index (Phi) is 4.20. The van der Waals surface area contributed by atoms with Crippen LogP contribution in [0, 0.1) is 0 Å². The van der Waals surface area contributed by atoms with E-state index in [0.717, 1.165) is 0 Å². The number of hydrogen-bond donors (Lipinski definition) is 5. The van der Waals surface area contributed by atoms with Crippen molar-refractivity contribution >= 4 is 24.9 Å². The van der Waals surface area contributed by atoms with Gasteiger partial charge >= 0.3 is 13.5 Å². The molecule has 1 saturated heterocycles. The number of anilines is 1. The number of nitrogens with two attached hydrogens (primary N) is 1. The molecule has 0 spiro atoms. The van der Waals surface area contributed by atoms with Crippen LogP contribution in [0.3, 0.4) is 0 Å². The summed E-state index contributed by atoms with van der Waals surface area (Å²) >= 11 is 0. The SMILES string of the molecule is Cn1c[n+]([C@H]2C[C@H](O)[C@@H](COP(=O)(O)O)O2)c2nc(N)[nH]c(=O)c21. The van der Waals surface area contributed by atoms with E-state index in [1.54, 1.807) is 13.4 Å². The van der Waals surface area contributed by atoms with Crippen LogP contribution in [0.4, 0.5) is 5.95 Å². The summed E-state index contributed by atoms with van der Waals surface area (Å²) < 4.78 is 23.8. The standard InChI is InChI=1S/C11H16N5O7P/c1-15-4-16(9-8(15)10(18)14-11(12)13-9)7-2-5(17)6(23-7)3-22-24(19,20)21/h4-7,17H,2-3H2,1H3,(H4-,12,13,14,18,19,20,21)/p+1/t5-,6+,7+/m0/s1.